The van der Waals surface area contributed by atoms with E-state index in [4.69, 9.17) is 18.9 Å². The summed E-state index contributed by atoms with van der Waals surface area (Å²) in [6, 6.07) is 0. The number of hydrogen-bond donors (Lipinski definition) is 2. The van der Waals surface area contributed by atoms with Gasteiger partial charge in [-0.3, -0.25) is 38.4 Å². The molecule has 3 unspecified atom stereocenters. The summed E-state index contributed by atoms with van der Waals surface area (Å²) in [6.45, 7) is -0.943. The van der Waals surface area contributed by atoms with Crippen molar-refractivity contribution in [2.45, 2.75) is 76.0 Å². The van der Waals surface area contributed by atoms with E-state index in [0.29, 0.717) is 0 Å². The van der Waals surface area contributed by atoms with Crippen molar-refractivity contribution in [2.75, 3.05) is 35.0 Å². The smallest absolute Gasteiger partial charge is 0.306 e. The zero-order valence-corrected chi connectivity index (χ0v) is 24.1. The Labute approximate surface area is 245 Å². The normalized spacial score (nSPS) is 12.5. The maximum absolute atomic E-state index is 12.6. The van der Waals surface area contributed by atoms with Crippen LogP contribution in [0.4, 0.5) is 0 Å². The summed E-state index contributed by atoms with van der Waals surface area (Å²) in [4.78, 5) is 95.3. The summed E-state index contributed by atoms with van der Waals surface area (Å²) in [5, 5.41) is 20.1. The Morgan fingerprint density at radius 2 is 0.744 bits per heavy atom. The van der Waals surface area contributed by atoms with Crippen LogP contribution >= 0.6 is 0 Å². The third-order valence-electron chi connectivity index (χ3n) is 5.25. The number of rotatable bonds is 20. The van der Waals surface area contributed by atoms with Crippen molar-refractivity contribution >= 4 is 47.8 Å². The van der Waals surface area contributed by atoms with Crippen molar-refractivity contribution in [2.24, 2.45) is 0 Å². The Hall–Kier alpha value is -4.32. The highest BCUT2D eigenvalue weighted by atomic mass is 16.6. The fourth-order valence-electron chi connectivity index (χ4n) is 2.97. The van der Waals surface area contributed by atoms with Crippen LogP contribution in [0.3, 0.4) is 0 Å². The maximum Gasteiger partial charge on any atom is 0.306 e. The number of aliphatic hydroxyl groups excluding tert-OH is 1. The molecule has 0 aromatic heterocycles. The Balaban J connectivity index is 6.24. The van der Waals surface area contributed by atoms with Gasteiger partial charge in [-0.05, 0) is 0 Å². The minimum Gasteiger partial charge on any atom is -0.469 e. The SMILES string of the molecule is COC(=O)CCC(=O)OCC(OC(=O)CCC(=O)OC)C(OC(=O)CCC(=O)OC)C(OC(=O)CCC(=O)OC)C(O)O. The molecule has 244 valence electrons. The molecule has 0 rings (SSSR count). The van der Waals surface area contributed by atoms with Crippen LogP contribution in [0.25, 0.3) is 0 Å². The van der Waals surface area contributed by atoms with Crippen LogP contribution in [0.2, 0.25) is 0 Å². The second kappa shape index (κ2) is 21.4. The van der Waals surface area contributed by atoms with Gasteiger partial charge in [-0.15, -0.1) is 0 Å². The topological polar surface area (TPSA) is 251 Å². The van der Waals surface area contributed by atoms with Gasteiger partial charge in [0.05, 0.1) is 79.8 Å². The van der Waals surface area contributed by atoms with E-state index in [1.54, 1.807) is 0 Å². The third kappa shape index (κ3) is 17.3. The minimum absolute atomic E-state index is 0.388. The van der Waals surface area contributed by atoms with Gasteiger partial charge in [-0.25, -0.2) is 0 Å². The lowest BCUT2D eigenvalue weighted by Gasteiger charge is -2.33. The van der Waals surface area contributed by atoms with Gasteiger partial charge in [0.15, 0.2) is 24.6 Å². The van der Waals surface area contributed by atoms with Crippen molar-refractivity contribution in [1.82, 2.24) is 0 Å². The van der Waals surface area contributed by atoms with Crippen molar-refractivity contribution in [3.8, 4) is 0 Å². The van der Waals surface area contributed by atoms with Gasteiger partial charge in [0, 0.05) is 0 Å². The monoisotopic (exact) mass is 624 g/mol. The molecule has 0 amide bonds. The summed E-state index contributed by atoms with van der Waals surface area (Å²) in [5.41, 5.74) is 0. The van der Waals surface area contributed by atoms with Gasteiger partial charge >= 0.3 is 47.8 Å². The zero-order valence-electron chi connectivity index (χ0n) is 24.1. The summed E-state index contributed by atoms with van der Waals surface area (Å²) in [5.74, 6) is -7.72. The second-order valence-corrected chi connectivity index (χ2v) is 8.34. The first-order valence-electron chi connectivity index (χ1n) is 12.6. The molecule has 0 spiro atoms. The molecular weight excluding hydrogens is 588 g/mol. The molecule has 18 nitrogen and oxygen atoms in total. The zero-order chi connectivity index (χ0) is 32.9. The fourth-order valence-corrected chi connectivity index (χ4v) is 2.97. The molecule has 18 heteroatoms. The van der Waals surface area contributed by atoms with E-state index in [-0.39, 0.29) is 6.42 Å². The van der Waals surface area contributed by atoms with Crippen LogP contribution in [0, 0.1) is 0 Å². The first kappa shape index (κ1) is 38.7. The molecule has 43 heavy (non-hydrogen) atoms. The Kier molecular flexibility index (Phi) is 19.2. The number of ether oxygens (including phenoxy) is 8. The number of carbonyl (C=O) groups is 8. The van der Waals surface area contributed by atoms with Gasteiger partial charge in [-0.1, -0.05) is 0 Å². The lowest BCUT2D eigenvalue weighted by atomic mass is 10.1. The Morgan fingerprint density at radius 3 is 1.09 bits per heavy atom. The molecule has 2 N–H and O–H groups in total. The molecule has 0 aliphatic carbocycles. The highest BCUT2D eigenvalue weighted by Gasteiger charge is 2.42. The highest BCUT2D eigenvalue weighted by Crippen LogP contribution is 2.20. The van der Waals surface area contributed by atoms with Crippen LogP contribution in [-0.4, -0.2) is 118 Å². The molecule has 0 saturated carbocycles. The predicted molar refractivity (Wildman–Crippen MR) is 134 cm³/mol. The van der Waals surface area contributed by atoms with Crippen molar-refractivity contribution < 1.29 is 86.5 Å². The highest BCUT2D eigenvalue weighted by molar-refractivity contribution is 5.80. The first-order valence-corrected chi connectivity index (χ1v) is 12.6. The van der Waals surface area contributed by atoms with Gasteiger partial charge in [0.2, 0.25) is 0 Å². The van der Waals surface area contributed by atoms with Crippen LogP contribution in [0.5, 0.6) is 0 Å². The molecule has 0 heterocycles. The van der Waals surface area contributed by atoms with E-state index >= 15 is 0 Å². The summed E-state index contributed by atoms with van der Waals surface area (Å²) in [6.07, 6.45) is -13.0. The van der Waals surface area contributed by atoms with Gasteiger partial charge in [-0.2, -0.15) is 0 Å². The molecule has 0 radical (unpaired) electrons. The quantitative estimate of drug-likeness (QED) is 0.0877. The Morgan fingerprint density at radius 1 is 0.442 bits per heavy atom. The number of carbonyl (C=O) groups excluding carboxylic acids is 8. The van der Waals surface area contributed by atoms with Crippen LogP contribution < -0.4 is 0 Å². The molecule has 0 aromatic carbocycles. The third-order valence-corrected chi connectivity index (χ3v) is 5.25. The molecule has 0 aliphatic rings. The van der Waals surface area contributed by atoms with Gasteiger partial charge in [0.25, 0.3) is 0 Å². The van der Waals surface area contributed by atoms with Gasteiger partial charge < -0.3 is 48.1 Å². The van der Waals surface area contributed by atoms with E-state index in [0.717, 1.165) is 28.4 Å². The van der Waals surface area contributed by atoms with E-state index in [1.807, 2.05) is 0 Å². The van der Waals surface area contributed by atoms with E-state index < -0.39 is 124 Å². The molecule has 0 fully saturated rings. The van der Waals surface area contributed by atoms with E-state index in [1.165, 1.54) is 0 Å². The summed E-state index contributed by atoms with van der Waals surface area (Å²) in [7, 11) is 4.27. The number of aliphatic hydroxyl groups is 2. The van der Waals surface area contributed by atoms with E-state index in [2.05, 4.69) is 18.9 Å². The van der Waals surface area contributed by atoms with Crippen LogP contribution in [0.15, 0.2) is 0 Å². The largest absolute Gasteiger partial charge is 0.469 e. The number of esters is 8. The average molecular weight is 625 g/mol. The van der Waals surface area contributed by atoms with Crippen LogP contribution in [-0.2, 0) is 76.3 Å². The average Bonchev–Trinajstić information content (AvgIpc) is 2.99. The molecular formula is C25H36O18. The van der Waals surface area contributed by atoms with E-state index in [9.17, 15) is 48.6 Å². The molecule has 3 atom stereocenters. The minimum atomic E-state index is -2.60. The molecule has 0 saturated heterocycles. The van der Waals surface area contributed by atoms with Crippen LogP contribution in [0.1, 0.15) is 51.4 Å². The lowest BCUT2D eigenvalue weighted by molar-refractivity contribution is -0.222. The number of methoxy groups -OCH3 is 4. The molecule has 0 aromatic rings. The standard InChI is InChI=1S/C25H36O18/c1-36-15(26)5-9-19(30)40-13-14(41-20(31)10-6-16(27)37-2)23(42-21(32)11-7-17(28)38-3)24(25(34)35)43-22(33)12-8-18(29)39-4/h14,23-25,34-35H,5-13H2,1-4H3. The Bertz CT molecular complexity index is 973. The molecule has 0 aliphatic heterocycles. The van der Waals surface area contributed by atoms with Crippen molar-refractivity contribution in [3.05, 3.63) is 0 Å². The first-order chi connectivity index (χ1) is 20.3. The second-order valence-electron chi connectivity index (χ2n) is 8.34. The number of hydrogen-bond acceptors (Lipinski definition) is 18. The molecule has 0 bridgehead atoms. The summed E-state index contributed by atoms with van der Waals surface area (Å²) < 4.78 is 38.1. The van der Waals surface area contributed by atoms with Crippen molar-refractivity contribution in [3.63, 3.8) is 0 Å². The fraction of sp³-hybridized carbons (Fsp3) is 0.680. The van der Waals surface area contributed by atoms with Gasteiger partial charge in [0.1, 0.15) is 6.61 Å². The van der Waals surface area contributed by atoms with Crippen molar-refractivity contribution in [1.29, 1.82) is 0 Å². The maximum atomic E-state index is 12.6. The predicted octanol–water partition coefficient (Wildman–Crippen LogP) is -1.61. The lowest BCUT2D eigenvalue weighted by Crippen LogP contribution is -2.52. The summed E-state index contributed by atoms with van der Waals surface area (Å²) >= 11 is 0.